The molecule has 0 bridgehead atoms. The minimum absolute atomic E-state index is 0.158. The first-order valence-corrected chi connectivity index (χ1v) is 11.0. The fourth-order valence-electron chi connectivity index (χ4n) is 3.17. The van der Waals surface area contributed by atoms with Crippen molar-refractivity contribution in [3.63, 3.8) is 0 Å². The lowest BCUT2D eigenvalue weighted by Crippen LogP contribution is -2.24. The summed E-state index contributed by atoms with van der Waals surface area (Å²) >= 11 is 0. The summed E-state index contributed by atoms with van der Waals surface area (Å²) in [4.78, 5) is 24.6. The highest BCUT2D eigenvalue weighted by atomic mass is 16.7. The fourth-order valence-corrected chi connectivity index (χ4v) is 3.17. The number of hydrogen-bond acceptors (Lipinski definition) is 9. The largest absolute Gasteiger partial charge is 0.497 e. The lowest BCUT2D eigenvalue weighted by atomic mass is 10.2. The van der Waals surface area contributed by atoms with Gasteiger partial charge in [-0.3, -0.25) is 4.79 Å². The highest BCUT2D eigenvalue weighted by molar-refractivity contribution is 5.92. The molecule has 0 spiro atoms. The van der Waals surface area contributed by atoms with Gasteiger partial charge in [0.25, 0.3) is 5.91 Å². The quantitative estimate of drug-likeness (QED) is 0.198. The van der Waals surface area contributed by atoms with Crippen molar-refractivity contribution in [3.8, 4) is 34.5 Å². The van der Waals surface area contributed by atoms with E-state index in [1.807, 2.05) is 6.92 Å². The molecule has 0 saturated carbocycles. The van der Waals surface area contributed by atoms with Gasteiger partial charge in [-0.25, -0.2) is 10.2 Å². The Balaban J connectivity index is 1.32. The van der Waals surface area contributed by atoms with E-state index in [2.05, 4.69) is 10.5 Å². The van der Waals surface area contributed by atoms with Gasteiger partial charge >= 0.3 is 5.97 Å². The second kappa shape index (κ2) is 11.6. The Hall–Kier alpha value is -4.73. The molecule has 1 aliphatic heterocycles. The van der Waals surface area contributed by atoms with Crippen molar-refractivity contribution in [1.82, 2.24) is 5.43 Å². The number of nitrogens with one attached hydrogen (secondary N) is 1. The second-order valence-corrected chi connectivity index (χ2v) is 7.35. The molecule has 10 nitrogen and oxygen atoms in total. The minimum Gasteiger partial charge on any atom is -0.497 e. The van der Waals surface area contributed by atoms with Crippen molar-refractivity contribution in [1.29, 1.82) is 0 Å². The van der Waals surface area contributed by atoms with E-state index in [0.29, 0.717) is 46.5 Å². The van der Waals surface area contributed by atoms with Crippen molar-refractivity contribution >= 4 is 18.1 Å². The Morgan fingerprint density at radius 1 is 0.944 bits per heavy atom. The van der Waals surface area contributed by atoms with Crippen LogP contribution in [0.3, 0.4) is 0 Å². The minimum atomic E-state index is -0.533. The fraction of sp³-hybridized carbons (Fsp3) is 0.192. The molecule has 0 aliphatic carbocycles. The van der Waals surface area contributed by atoms with Gasteiger partial charge in [0.15, 0.2) is 29.6 Å². The summed E-state index contributed by atoms with van der Waals surface area (Å²) in [5, 5.41) is 3.94. The van der Waals surface area contributed by atoms with Gasteiger partial charge in [0, 0.05) is 6.07 Å². The maximum absolute atomic E-state index is 12.5. The number of carbonyl (C=O) groups is 2. The molecule has 1 aliphatic rings. The van der Waals surface area contributed by atoms with Crippen LogP contribution in [0.15, 0.2) is 65.8 Å². The smallest absolute Gasteiger partial charge is 0.343 e. The molecule has 0 atom stereocenters. The van der Waals surface area contributed by atoms with E-state index in [1.165, 1.54) is 6.21 Å². The average Bonchev–Trinajstić information content (AvgIpc) is 3.37. The molecule has 0 saturated heterocycles. The highest BCUT2D eigenvalue weighted by Crippen LogP contribution is 2.35. The second-order valence-electron chi connectivity index (χ2n) is 7.35. The molecule has 0 unspecified atom stereocenters. The Morgan fingerprint density at radius 2 is 1.72 bits per heavy atom. The third-order valence-corrected chi connectivity index (χ3v) is 4.91. The van der Waals surface area contributed by atoms with Crippen molar-refractivity contribution < 1.29 is 38.0 Å². The summed E-state index contributed by atoms with van der Waals surface area (Å²) in [6.45, 7) is 2.10. The number of hydrazone groups is 1. The molecular formula is C26H24N2O8. The molecule has 4 rings (SSSR count). The van der Waals surface area contributed by atoms with Crippen LogP contribution in [-0.4, -0.2) is 45.2 Å². The number of rotatable bonds is 10. The lowest BCUT2D eigenvalue weighted by Gasteiger charge is -2.11. The summed E-state index contributed by atoms with van der Waals surface area (Å²) in [6.07, 6.45) is 1.44. The van der Waals surface area contributed by atoms with Crippen LogP contribution in [0.2, 0.25) is 0 Å². The van der Waals surface area contributed by atoms with Crippen LogP contribution in [0.4, 0.5) is 0 Å². The van der Waals surface area contributed by atoms with E-state index in [9.17, 15) is 9.59 Å². The maximum Gasteiger partial charge on any atom is 0.343 e. The molecule has 1 N–H and O–H groups in total. The average molecular weight is 492 g/mol. The topological polar surface area (TPSA) is 114 Å². The number of methoxy groups -OCH3 is 1. The Bertz CT molecular complexity index is 1260. The molecule has 186 valence electrons. The summed E-state index contributed by atoms with van der Waals surface area (Å²) in [7, 11) is 1.55. The molecule has 3 aromatic rings. The Morgan fingerprint density at radius 3 is 2.50 bits per heavy atom. The first-order chi connectivity index (χ1) is 17.6. The van der Waals surface area contributed by atoms with Gasteiger partial charge in [0.1, 0.15) is 11.5 Å². The van der Waals surface area contributed by atoms with Gasteiger partial charge in [-0.15, -0.1) is 0 Å². The highest BCUT2D eigenvalue weighted by Gasteiger charge is 2.15. The predicted octanol–water partition coefficient (Wildman–Crippen LogP) is 3.57. The molecule has 1 amide bonds. The summed E-state index contributed by atoms with van der Waals surface area (Å²) in [5.41, 5.74) is 3.39. The van der Waals surface area contributed by atoms with Crippen molar-refractivity contribution in [2.75, 3.05) is 27.1 Å². The number of esters is 1. The van der Waals surface area contributed by atoms with Crippen molar-refractivity contribution in [3.05, 3.63) is 71.8 Å². The van der Waals surface area contributed by atoms with Crippen LogP contribution in [-0.2, 0) is 4.79 Å². The van der Waals surface area contributed by atoms with Gasteiger partial charge < -0.3 is 28.4 Å². The van der Waals surface area contributed by atoms with Crippen LogP contribution in [0.25, 0.3) is 0 Å². The number of fused-ring (bicyclic) bond motifs is 1. The molecule has 10 heteroatoms. The van der Waals surface area contributed by atoms with Crippen LogP contribution >= 0.6 is 0 Å². The Labute approximate surface area is 207 Å². The van der Waals surface area contributed by atoms with E-state index in [-0.39, 0.29) is 19.1 Å². The van der Waals surface area contributed by atoms with Gasteiger partial charge in [0.05, 0.1) is 25.5 Å². The number of amides is 1. The SMILES string of the molecule is CCOc1cc(/C=N\NC(=O)COc2ccc3c(c2)OCO3)ccc1OC(=O)c1ccc(OC)cc1. The molecule has 0 radical (unpaired) electrons. The zero-order valence-corrected chi connectivity index (χ0v) is 19.7. The number of hydrogen-bond donors (Lipinski definition) is 1. The number of ether oxygens (including phenoxy) is 6. The van der Waals surface area contributed by atoms with E-state index in [0.717, 1.165) is 0 Å². The van der Waals surface area contributed by atoms with E-state index >= 15 is 0 Å². The normalized spacial score (nSPS) is 11.7. The monoisotopic (exact) mass is 492 g/mol. The molecule has 36 heavy (non-hydrogen) atoms. The Kier molecular flexibility index (Phi) is 7.87. The van der Waals surface area contributed by atoms with Crippen LogP contribution in [0, 0.1) is 0 Å². The molecule has 0 fully saturated rings. The maximum atomic E-state index is 12.5. The third kappa shape index (κ3) is 6.23. The van der Waals surface area contributed by atoms with E-state index in [4.69, 9.17) is 28.4 Å². The first-order valence-electron chi connectivity index (χ1n) is 11.0. The van der Waals surface area contributed by atoms with Gasteiger partial charge in [-0.1, -0.05) is 0 Å². The standard InChI is InChI=1S/C26H24N2O8/c1-3-32-23-12-17(4-10-22(23)36-26(30)18-5-7-19(31-2)8-6-18)14-27-28-25(29)15-33-20-9-11-21-24(13-20)35-16-34-21/h4-14H,3,15-16H2,1-2H3,(H,28,29)/b27-14-. The predicted molar refractivity (Wildman–Crippen MR) is 129 cm³/mol. The van der Waals surface area contributed by atoms with E-state index in [1.54, 1.807) is 67.8 Å². The molecular weight excluding hydrogens is 468 g/mol. The zero-order valence-electron chi connectivity index (χ0n) is 19.7. The summed E-state index contributed by atoms with van der Waals surface area (Å²) in [5.74, 6) is 1.94. The third-order valence-electron chi connectivity index (χ3n) is 4.91. The van der Waals surface area contributed by atoms with E-state index < -0.39 is 11.9 Å². The number of benzene rings is 3. The number of carbonyl (C=O) groups excluding carboxylic acids is 2. The van der Waals surface area contributed by atoms with Gasteiger partial charge in [0.2, 0.25) is 6.79 Å². The van der Waals surface area contributed by atoms with Crippen LogP contribution in [0.5, 0.6) is 34.5 Å². The van der Waals surface area contributed by atoms with Gasteiger partial charge in [-0.05, 0) is 67.1 Å². The van der Waals surface area contributed by atoms with Crippen molar-refractivity contribution in [2.24, 2.45) is 5.10 Å². The summed E-state index contributed by atoms with van der Waals surface area (Å²) < 4.78 is 32.2. The van der Waals surface area contributed by atoms with Crippen molar-refractivity contribution in [2.45, 2.75) is 6.92 Å². The van der Waals surface area contributed by atoms with Crippen LogP contribution < -0.4 is 33.8 Å². The number of nitrogens with zero attached hydrogens (tertiary/aromatic N) is 1. The van der Waals surface area contributed by atoms with Crippen LogP contribution in [0.1, 0.15) is 22.8 Å². The summed E-state index contributed by atoms with van der Waals surface area (Å²) in [6, 6.07) is 16.5. The van der Waals surface area contributed by atoms with Gasteiger partial charge in [-0.2, -0.15) is 5.10 Å². The molecule has 1 heterocycles. The zero-order chi connectivity index (χ0) is 25.3. The molecule has 3 aromatic carbocycles. The first kappa shape index (κ1) is 24.4. The molecule has 0 aromatic heterocycles. The lowest BCUT2D eigenvalue weighted by molar-refractivity contribution is -0.123.